The van der Waals surface area contributed by atoms with E-state index in [2.05, 4.69) is 10.6 Å². The highest BCUT2D eigenvalue weighted by Gasteiger charge is 2.24. The summed E-state index contributed by atoms with van der Waals surface area (Å²) in [4.78, 5) is 22.9. The van der Waals surface area contributed by atoms with Crippen molar-refractivity contribution in [1.29, 1.82) is 0 Å². The molecule has 0 aliphatic rings. The van der Waals surface area contributed by atoms with Gasteiger partial charge in [0.2, 0.25) is 5.91 Å². The molecule has 0 unspecified atom stereocenters. The van der Waals surface area contributed by atoms with Crippen molar-refractivity contribution in [3.63, 3.8) is 0 Å². The molecule has 0 radical (unpaired) electrons. The summed E-state index contributed by atoms with van der Waals surface area (Å²) in [6, 6.07) is 3.03. The molecule has 0 atom stereocenters. The maximum atomic E-state index is 11.5. The second-order valence-corrected chi connectivity index (χ2v) is 4.09. The van der Waals surface area contributed by atoms with Crippen molar-refractivity contribution in [2.75, 3.05) is 19.8 Å². The first-order valence-corrected chi connectivity index (χ1v) is 5.35. The lowest BCUT2D eigenvalue weighted by molar-refractivity contribution is -0.123. The van der Waals surface area contributed by atoms with Crippen molar-refractivity contribution in [2.24, 2.45) is 0 Å². The molecule has 1 rings (SSSR count). The van der Waals surface area contributed by atoms with Crippen molar-refractivity contribution in [2.45, 2.75) is 12.5 Å². The summed E-state index contributed by atoms with van der Waals surface area (Å²) in [7, 11) is 0. The average molecular weight is 256 g/mol. The maximum Gasteiger partial charge on any atom is 0.287 e. The molecule has 0 aliphatic heterocycles. The van der Waals surface area contributed by atoms with Crippen molar-refractivity contribution in [3.05, 3.63) is 24.2 Å². The smallest absolute Gasteiger partial charge is 0.287 e. The molecule has 0 saturated carbocycles. The molecule has 4 N–H and O–H groups in total. The number of aliphatic hydroxyl groups is 2. The minimum atomic E-state index is -1.10. The molecule has 0 fully saturated rings. The third-order valence-electron chi connectivity index (χ3n) is 2.29. The molecule has 0 spiro atoms. The number of aliphatic hydroxyl groups excluding tert-OH is 2. The number of carbonyl (C=O) groups is 2. The summed E-state index contributed by atoms with van der Waals surface area (Å²) in [5, 5.41) is 22.7. The Hall–Kier alpha value is -1.86. The van der Waals surface area contributed by atoms with E-state index in [9.17, 15) is 9.59 Å². The lowest BCUT2D eigenvalue weighted by Crippen LogP contribution is -2.54. The molecule has 7 heteroatoms. The predicted octanol–water partition coefficient (Wildman–Crippen LogP) is -1.13. The zero-order valence-corrected chi connectivity index (χ0v) is 9.97. The minimum Gasteiger partial charge on any atom is -0.459 e. The zero-order valence-electron chi connectivity index (χ0n) is 9.97. The maximum absolute atomic E-state index is 11.5. The van der Waals surface area contributed by atoms with Crippen LogP contribution >= 0.6 is 0 Å². The van der Waals surface area contributed by atoms with Crippen molar-refractivity contribution < 1.29 is 24.2 Å². The Kier molecular flexibility index (Phi) is 4.87. The number of rotatable bonds is 6. The van der Waals surface area contributed by atoms with E-state index in [1.165, 1.54) is 19.3 Å². The highest BCUT2D eigenvalue weighted by Crippen LogP contribution is 2.01. The van der Waals surface area contributed by atoms with Gasteiger partial charge >= 0.3 is 0 Å². The van der Waals surface area contributed by atoms with Crippen LogP contribution in [0.25, 0.3) is 0 Å². The van der Waals surface area contributed by atoms with Crippen molar-refractivity contribution in [1.82, 2.24) is 10.6 Å². The van der Waals surface area contributed by atoms with E-state index in [1.807, 2.05) is 0 Å². The predicted molar refractivity (Wildman–Crippen MR) is 61.8 cm³/mol. The van der Waals surface area contributed by atoms with Crippen LogP contribution in [-0.2, 0) is 4.79 Å². The molecule has 1 aromatic heterocycles. The molecule has 0 aromatic carbocycles. The van der Waals surface area contributed by atoms with Crippen LogP contribution < -0.4 is 10.6 Å². The topological polar surface area (TPSA) is 112 Å². The van der Waals surface area contributed by atoms with E-state index < -0.39 is 30.6 Å². The summed E-state index contributed by atoms with van der Waals surface area (Å²) in [6.45, 7) is 0.414. The Balaban J connectivity index is 2.40. The van der Waals surface area contributed by atoms with Crippen LogP contribution in [0.5, 0.6) is 0 Å². The molecule has 1 aromatic rings. The third-order valence-corrected chi connectivity index (χ3v) is 2.29. The number of hydrogen-bond acceptors (Lipinski definition) is 5. The first-order chi connectivity index (χ1) is 8.50. The van der Waals surface area contributed by atoms with Crippen molar-refractivity contribution in [3.8, 4) is 0 Å². The standard InChI is InChI=1S/C11H16N2O5/c1-11(6-14,7-15)13-9(16)5-12-10(17)8-3-2-4-18-8/h2-4,14-15H,5-7H2,1H3,(H,12,17)(H,13,16). The Labute approximate surface area is 104 Å². The fourth-order valence-electron chi connectivity index (χ4n) is 1.17. The first kappa shape index (κ1) is 14.2. The Bertz CT molecular complexity index is 398. The fraction of sp³-hybridized carbons (Fsp3) is 0.455. The zero-order chi connectivity index (χ0) is 13.6. The average Bonchev–Trinajstić information content (AvgIpc) is 2.89. The van der Waals surface area contributed by atoms with E-state index in [-0.39, 0.29) is 12.3 Å². The molecule has 1 heterocycles. The van der Waals surface area contributed by atoms with Gasteiger partial charge in [-0.05, 0) is 19.1 Å². The van der Waals surface area contributed by atoms with Crippen LogP contribution in [0.2, 0.25) is 0 Å². The number of furan rings is 1. The van der Waals surface area contributed by atoms with Gasteiger partial charge in [0.25, 0.3) is 5.91 Å². The van der Waals surface area contributed by atoms with Gasteiger partial charge in [0.05, 0.1) is 31.6 Å². The second-order valence-electron chi connectivity index (χ2n) is 4.09. The van der Waals surface area contributed by atoms with Crippen LogP contribution in [-0.4, -0.2) is 47.3 Å². The third kappa shape index (κ3) is 3.86. The van der Waals surface area contributed by atoms with Gasteiger partial charge in [-0.25, -0.2) is 0 Å². The molecule has 0 bridgehead atoms. The van der Waals surface area contributed by atoms with E-state index in [4.69, 9.17) is 14.6 Å². The molecule has 2 amide bonds. The Morgan fingerprint density at radius 1 is 1.39 bits per heavy atom. The van der Waals surface area contributed by atoms with E-state index in [0.717, 1.165) is 0 Å². The molecular formula is C11H16N2O5. The van der Waals surface area contributed by atoms with Crippen LogP contribution in [0.1, 0.15) is 17.5 Å². The molecular weight excluding hydrogens is 240 g/mol. The van der Waals surface area contributed by atoms with E-state index in [0.29, 0.717) is 0 Å². The van der Waals surface area contributed by atoms with Crippen molar-refractivity contribution >= 4 is 11.8 Å². The van der Waals surface area contributed by atoms with Gasteiger partial charge in [-0.3, -0.25) is 9.59 Å². The van der Waals surface area contributed by atoms with Gasteiger partial charge in [-0.1, -0.05) is 0 Å². The molecule has 100 valence electrons. The summed E-state index contributed by atoms with van der Waals surface area (Å²) in [6.07, 6.45) is 1.35. The lowest BCUT2D eigenvalue weighted by atomic mass is 10.1. The van der Waals surface area contributed by atoms with E-state index in [1.54, 1.807) is 6.07 Å². The van der Waals surface area contributed by atoms with Crippen LogP contribution in [0.4, 0.5) is 0 Å². The largest absolute Gasteiger partial charge is 0.459 e. The first-order valence-electron chi connectivity index (χ1n) is 5.35. The van der Waals surface area contributed by atoms with Crippen LogP contribution in [0, 0.1) is 0 Å². The second kappa shape index (κ2) is 6.18. The fourth-order valence-corrected chi connectivity index (χ4v) is 1.17. The normalized spacial score (nSPS) is 11.1. The highest BCUT2D eigenvalue weighted by molar-refractivity contribution is 5.94. The van der Waals surface area contributed by atoms with Crippen LogP contribution in [0.3, 0.4) is 0 Å². The summed E-state index contributed by atoms with van der Waals surface area (Å²) in [5.74, 6) is -0.916. The monoisotopic (exact) mass is 256 g/mol. The quantitative estimate of drug-likeness (QED) is 0.514. The van der Waals surface area contributed by atoms with Gasteiger partial charge in [0, 0.05) is 0 Å². The van der Waals surface area contributed by atoms with Gasteiger partial charge < -0.3 is 25.3 Å². The number of carbonyl (C=O) groups excluding carboxylic acids is 2. The van der Waals surface area contributed by atoms with Gasteiger partial charge in [-0.2, -0.15) is 0 Å². The number of amides is 2. The minimum absolute atomic E-state index is 0.106. The van der Waals surface area contributed by atoms with Gasteiger partial charge in [0.15, 0.2) is 5.76 Å². The van der Waals surface area contributed by atoms with Gasteiger partial charge in [-0.15, -0.1) is 0 Å². The summed E-state index contributed by atoms with van der Waals surface area (Å²) in [5.41, 5.74) is -1.10. The SMILES string of the molecule is CC(CO)(CO)NC(=O)CNC(=O)c1ccco1. The molecule has 0 aliphatic carbocycles. The molecule has 7 nitrogen and oxygen atoms in total. The summed E-state index contributed by atoms with van der Waals surface area (Å²) < 4.78 is 4.85. The molecule has 18 heavy (non-hydrogen) atoms. The highest BCUT2D eigenvalue weighted by atomic mass is 16.3. The number of nitrogens with one attached hydrogen (secondary N) is 2. The number of hydrogen-bond donors (Lipinski definition) is 4. The Morgan fingerprint density at radius 3 is 2.56 bits per heavy atom. The molecule has 0 saturated heterocycles. The lowest BCUT2D eigenvalue weighted by Gasteiger charge is -2.26. The van der Waals surface area contributed by atoms with Crippen LogP contribution in [0.15, 0.2) is 22.8 Å². The van der Waals surface area contributed by atoms with Gasteiger partial charge in [0.1, 0.15) is 0 Å². The Morgan fingerprint density at radius 2 is 2.06 bits per heavy atom. The van der Waals surface area contributed by atoms with E-state index >= 15 is 0 Å². The summed E-state index contributed by atoms with van der Waals surface area (Å²) >= 11 is 0.